The van der Waals surface area contributed by atoms with Gasteiger partial charge in [-0.3, -0.25) is 4.79 Å². The number of hydrogen-bond acceptors (Lipinski definition) is 4. The zero-order chi connectivity index (χ0) is 26.3. The fourth-order valence-electron chi connectivity index (χ4n) is 4.31. The molecule has 2 atom stereocenters. The van der Waals surface area contributed by atoms with Crippen molar-refractivity contribution < 1.29 is 14.1 Å². The van der Waals surface area contributed by atoms with Crippen molar-refractivity contribution >= 4 is 28.0 Å². The Bertz CT molecular complexity index is 1520. The number of nitrogens with zero attached hydrogens (tertiary/aromatic N) is 1. The van der Waals surface area contributed by atoms with E-state index >= 15 is 0 Å². The van der Waals surface area contributed by atoms with Crippen LogP contribution >= 0.6 is 0 Å². The van der Waals surface area contributed by atoms with Gasteiger partial charge < -0.3 is 15.4 Å². The Morgan fingerprint density at radius 3 is 2.39 bits per heavy atom. The molecule has 0 spiro atoms. The topological polar surface area (TPSA) is 107 Å². The van der Waals surface area contributed by atoms with Crippen LogP contribution in [0.1, 0.15) is 29.4 Å². The standard InChI is InChI=1S/C30H28N4O3S/c35-30(36)18-28(23-7-2-1-3-8-23)34-38(37)25-10-6-9-24(17-25)22-15-13-21(14-16-22)19-31-20-29-32-26-11-4-5-12-27(26)33-29/h1-17,28,31,34H,18-20H2,(H,32,33)(H,35,36). The summed E-state index contributed by atoms with van der Waals surface area (Å²) >= 11 is 0. The van der Waals surface area contributed by atoms with E-state index in [1.807, 2.05) is 84.9 Å². The van der Waals surface area contributed by atoms with E-state index in [0.717, 1.165) is 39.1 Å². The summed E-state index contributed by atoms with van der Waals surface area (Å²) in [6, 6.07) is 32.4. The number of benzene rings is 4. The first kappa shape index (κ1) is 25.5. The third-order valence-corrected chi connectivity index (χ3v) is 7.41. The van der Waals surface area contributed by atoms with Gasteiger partial charge in [0, 0.05) is 6.54 Å². The summed E-state index contributed by atoms with van der Waals surface area (Å²) in [6.45, 7) is 1.35. The summed E-state index contributed by atoms with van der Waals surface area (Å²) in [5.74, 6) is -0.0524. The molecule has 38 heavy (non-hydrogen) atoms. The molecular formula is C30H28N4O3S. The molecule has 0 saturated heterocycles. The number of imidazole rings is 1. The monoisotopic (exact) mass is 524 g/mol. The number of para-hydroxylation sites is 2. The quantitative estimate of drug-likeness (QED) is 0.186. The number of H-pyrrole nitrogens is 1. The molecule has 0 aliphatic carbocycles. The minimum absolute atomic E-state index is 0.165. The maximum atomic E-state index is 13.1. The molecule has 0 aliphatic rings. The molecule has 0 saturated carbocycles. The maximum Gasteiger partial charge on any atom is 0.305 e. The molecule has 7 nitrogen and oxygen atoms in total. The Morgan fingerprint density at radius 1 is 0.868 bits per heavy atom. The minimum atomic E-state index is -1.58. The predicted molar refractivity (Wildman–Crippen MR) is 149 cm³/mol. The third kappa shape index (κ3) is 6.41. The van der Waals surface area contributed by atoms with Gasteiger partial charge >= 0.3 is 5.97 Å². The van der Waals surface area contributed by atoms with Crippen molar-refractivity contribution in [3.05, 3.63) is 120 Å². The number of rotatable bonds is 11. The lowest BCUT2D eigenvalue weighted by atomic mass is 10.0. The lowest BCUT2D eigenvalue weighted by Gasteiger charge is -2.17. The predicted octanol–water partition coefficient (Wildman–Crippen LogP) is 5.35. The van der Waals surface area contributed by atoms with Gasteiger partial charge in [0.25, 0.3) is 0 Å². The van der Waals surface area contributed by atoms with E-state index in [2.05, 4.69) is 32.1 Å². The van der Waals surface area contributed by atoms with Gasteiger partial charge in [-0.2, -0.15) is 0 Å². The summed E-state index contributed by atoms with van der Waals surface area (Å²) in [6.07, 6.45) is -0.165. The number of carboxylic acids is 1. The number of aliphatic carboxylic acids is 1. The van der Waals surface area contributed by atoms with Gasteiger partial charge in [0.2, 0.25) is 0 Å². The number of fused-ring (bicyclic) bond motifs is 1. The van der Waals surface area contributed by atoms with Crippen molar-refractivity contribution in [2.24, 2.45) is 0 Å². The van der Waals surface area contributed by atoms with Gasteiger partial charge in [-0.15, -0.1) is 0 Å². The number of aromatic amines is 1. The summed E-state index contributed by atoms with van der Waals surface area (Å²) < 4.78 is 16.1. The van der Waals surface area contributed by atoms with Gasteiger partial charge in [0.05, 0.1) is 34.9 Å². The van der Waals surface area contributed by atoms with E-state index < -0.39 is 23.0 Å². The molecule has 4 N–H and O–H groups in total. The molecule has 1 aromatic heterocycles. The first-order chi connectivity index (χ1) is 18.5. The molecule has 4 aromatic carbocycles. The fourth-order valence-corrected chi connectivity index (χ4v) is 5.36. The second-order valence-electron chi connectivity index (χ2n) is 8.98. The summed E-state index contributed by atoms with van der Waals surface area (Å²) in [7, 11) is -1.58. The smallest absolute Gasteiger partial charge is 0.305 e. The van der Waals surface area contributed by atoms with Crippen LogP contribution in [-0.2, 0) is 28.9 Å². The van der Waals surface area contributed by atoms with Gasteiger partial charge in [0.15, 0.2) is 0 Å². The highest BCUT2D eigenvalue weighted by Gasteiger charge is 2.19. The number of carboxylic acid groups (broad SMARTS) is 1. The van der Waals surface area contributed by atoms with Crippen LogP contribution in [0, 0.1) is 0 Å². The van der Waals surface area contributed by atoms with Crippen LogP contribution in [0.15, 0.2) is 108 Å². The molecule has 0 aliphatic heterocycles. The Hall–Kier alpha value is -4.11. The molecular weight excluding hydrogens is 496 g/mol. The lowest BCUT2D eigenvalue weighted by Crippen LogP contribution is -2.26. The average molecular weight is 525 g/mol. The van der Waals surface area contributed by atoms with E-state index in [0.29, 0.717) is 18.0 Å². The maximum absolute atomic E-state index is 13.1. The van der Waals surface area contributed by atoms with Crippen molar-refractivity contribution in [1.82, 2.24) is 20.0 Å². The Kier molecular flexibility index (Phi) is 8.04. The van der Waals surface area contributed by atoms with Crippen LogP contribution in [0.25, 0.3) is 22.2 Å². The molecule has 8 heteroatoms. The van der Waals surface area contributed by atoms with Gasteiger partial charge in [-0.25, -0.2) is 13.9 Å². The van der Waals surface area contributed by atoms with E-state index in [1.165, 1.54) is 0 Å². The van der Waals surface area contributed by atoms with Crippen molar-refractivity contribution in [3.8, 4) is 11.1 Å². The Labute approximate surface area is 223 Å². The zero-order valence-electron chi connectivity index (χ0n) is 20.6. The highest BCUT2D eigenvalue weighted by Crippen LogP contribution is 2.24. The largest absolute Gasteiger partial charge is 0.481 e. The molecule has 5 aromatic rings. The first-order valence-corrected chi connectivity index (χ1v) is 13.5. The Morgan fingerprint density at radius 2 is 1.63 bits per heavy atom. The van der Waals surface area contributed by atoms with E-state index in [1.54, 1.807) is 6.07 Å². The summed E-state index contributed by atoms with van der Waals surface area (Å²) in [4.78, 5) is 19.9. The van der Waals surface area contributed by atoms with Gasteiger partial charge in [-0.1, -0.05) is 78.9 Å². The molecule has 2 unspecified atom stereocenters. The highest BCUT2D eigenvalue weighted by molar-refractivity contribution is 7.83. The third-order valence-electron chi connectivity index (χ3n) is 6.23. The van der Waals surface area contributed by atoms with Crippen molar-refractivity contribution in [3.63, 3.8) is 0 Å². The number of carbonyl (C=O) groups is 1. The van der Waals surface area contributed by atoms with E-state index in [-0.39, 0.29) is 6.42 Å². The molecule has 0 radical (unpaired) electrons. The van der Waals surface area contributed by atoms with Crippen LogP contribution in [0.2, 0.25) is 0 Å². The number of aromatic nitrogens is 2. The highest BCUT2D eigenvalue weighted by atomic mass is 32.2. The van der Waals surface area contributed by atoms with Crippen LogP contribution in [0.4, 0.5) is 0 Å². The van der Waals surface area contributed by atoms with Crippen molar-refractivity contribution in [1.29, 1.82) is 0 Å². The lowest BCUT2D eigenvalue weighted by molar-refractivity contribution is -0.137. The second-order valence-corrected chi connectivity index (χ2v) is 10.2. The molecule has 0 amide bonds. The normalized spacial score (nSPS) is 12.8. The van der Waals surface area contributed by atoms with Crippen molar-refractivity contribution in [2.75, 3.05) is 0 Å². The summed E-state index contributed by atoms with van der Waals surface area (Å²) in [5, 5.41) is 12.8. The fraction of sp³-hybridized carbons (Fsp3) is 0.133. The van der Waals surface area contributed by atoms with Crippen LogP contribution < -0.4 is 10.0 Å². The van der Waals surface area contributed by atoms with Gasteiger partial charge in [-0.05, 0) is 46.5 Å². The van der Waals surface area contributed by atoms with Crippen LogP contribution in [0.3, 0.4) is 0 Å². The zero-order valence-corrected chi connectivity index (χ0v) is 21.4. The average Bonchev–Trinajstić information content (AvgIpc) is 3.36. The minimum Gasteiger partial charge on any atom is -0.481 e. The van der Waals surface area contributed by atoms with Crippen LogP contribution in [-0.4, -0.2) is 25.3 Å². The first-order valence-electron chi connectivity index (χ1n) is 12.3. The van der Waals surface area contributed by atoms with E-state index in [4.69, 9.17) is 0 Å². The number of nitrogens with one attached hydrogen (secondary N) is 3. The van der Waals surface area contributed by atoms with E-state index in [9.17, 15) is 14.1 Å². The van der Waals surface area contributed by atoms with Crippen molar-refractivity contribution in [2.45, 2.75) is 30.4 Å². The molecule has 0 fully saturated rings. The van der Waals surface area contributed by atoms with Crippen LogP contribution in [0.5, 0.6) is 0 Å². The molecule has 192 valence electrons. The summed E-state index contributed by atoms with van der Waals surface area (Å²) in [5.41, 5.74) is 5.87. The molecule has 5 rings (SSSR count). The Balaban J connectivity index is 1.22. The SMILES string of the molecule is O=C(O)CC(NS(=O)c1cccc(-c2ccc(CNCc3nc4ccccc4[nH]3)cc2)c1)c1ccccc1. The molecule has 1 heterocycles. The second kappa shape index (κ2) is 12.0. The van der Waals surface area contributed by atoms with Gasteiger partial charge in [0.1, 0.15) is 16.8 Å². The number of hydrogen-bond donors (Lipinski definition) is 4. The molecule has 0 bridgehead atoms.